The Kier molecular flexibility index (Phi) is 4.80. The first-order valence-corrected chi connectivity index (χ1v) is 10.1. The molecular formula is C17H19N5OS2. The SMILES string of the molecule is O=C(NCc1cccs1)c1cccn1-c1nnc(N2CCCCC2)s1. The van der Waals surface area contributed by atoms with Gasteiger partial charge in [-0.3, -0.25) is 9.36 Å². The molecule has 4 heterocycles. The minimum absolute atomic E-state index is 0.104. The van der Waals surface area contributed by atoms with Gasteiger partial charge in [-0.2, -0.15) is 0 Å². The largest absolute Gasteiger partial charge is 0.347 e. The second-order valence-corrected chi connectivity index (χ2v) is 7.91. The summed E-state index contributed by atoms with van der Waals surface area (Å²) in [7, 11) is 0. The zero-order valence-corrected chi connectivity index (χ0v) is 15.4. The summed E-state index contributed by atoms with van der Waals surface area (Å²) in [5.41, 5.74) is 0.581. The summed E-state index contributed by atoms with van der Waals surface area (Å²) >= 11 is 3.17. The molecule has 4 rings (SSSR count). The lowest BCUT2D eigenvalue weighted by Crippen LogP contribution is -2.29. The van der Waals surface area contributed by atoms with E-state index in [4.69, 9.17) is 0 Å². The Morgan fingerprint density at radius 3 is 2.76 bits per heavy atom. The molecule has 6 nitrogen and oxygen atoms in total. The topological polar surface area (TPSA) is 63.1 Å². The van der Waals surface area contributed by atoms with E-state index in [1.165, 1.54) is 30.6 Å². The highest BCUT2D eigenvalue weighted by molar-refractivity contribution is 7.17. The highest BCUT2D eigenvalue weighted by atomic mass is 32.1. The number of rotatable bonds is 5. The Hall–Kier alpha value is -2.19. The van der Waals surface area contributed by atoms with E-state index in [2.05, 4.69) is 20.4 Å². The van der Waals surface area contributed by atoms with Crippen molar-refractivity contribution in [3.63, 3.8) is 0 Å². The van der Waals surface area contributed by atoms with Crippen molar-refractivity contribution in [2.24, 2.45) is 0 Å². The van der Waals surface area contributed by atoms with Gasteiger partial charge in [0.2, 0.25) is 10.3 Å². The Morgan fingerprint density at radius 2 is 1.96 bits per heavy atom. The maximum atomic E-state index is 12.5. The van der Waals surface area contributed by atoms with Crippen LogP contribution in [0.15, 0.2) is 35.8 Å². The number of hydrogen-bond acceptors (Lipinski definition) is 6. The third kappa shape index (κ3) is 3.59. The molecule has 3 aromatic heterocycles. The minimum Gasteiger partial charge on any atom is -0.347 e. The maximum absolute atomic E-state index is 12.5. The number of piperidine rings is 1. The molecule has 0 atom stereocenters. The highest BCUT2D eigenvalue weighted by Gasteiger charge is 2.19. The first kappa shape index (κ1) is 16.3. The second-order valence-electron chi connectivity index (χ2n) is 5.94. The van der Waals surface area contributed by atoms with Gasteiger partial charge < -0.3 is 10.2 Å². The smallest absolute Gasteiger partial charge is 0.268 e. The first-order chi connectivity index (χ1) is 12.3. The van der Waals surface area contributed by atoms with Crippen LogP contribution in [0.2, 0.25) is 0 Å². The van der Waals surface area contributed by atoms with E-state index in [0.717, 1.165) is 28.2 Å². The third-order valence-electron chi connectivity index (χ3n) is 4.22. The zero-order chi connectivity index (χ0) is 17.1. The summed E-state index contributed by atoms with van der Waals surface area (Å²) in [6.45, 7) is 2.61. The molecule has 1 aliphatic heterocycles. The van der Waals surface area contributed by atoms with E-state index in [1.54, 1.807) is 11.3 Å². The van der Waals surface area contributed by atoms with Crippen molar-refractivity contribution in [1.82, 2.24) is 20.1 Å². The lowest BCUT2D eigenvalue weighted by Gasteiger charge is -2.25. The number of carbonyl (C=O) groups excluding carboxylic acids is 1. The van der Waals surface area contributed by atoms with Crippen LogP contribution in [0.3, 0.4) is 0 Å². The van der Waals surface area contributed by atoms with Gasteiger partial charge in [0.05, 0.1) is 6.54 Å². The summed E-state index contributed by atoms with van der Waals surface area (Å²) in [6, 6.07) is 7.67. The quantitative estimate of drug-likeness (QED) is 0.745. The lowest BCUT2D eigenvalue weighted by atomic mass is 10.1. The fourth-order valence-electron chi connectivity index (χ4n) is 2.92. The van der Waals surface area contributed by atoms with Crippen LogP contribution >= 0.6 is 22.7 Å². The number of hydrogen-bond donors (Lipinski definition) is 1. The van der Waals surface area contributed by atoms with Crippen LogP contribution in [0.1, 0.15) is 34.6 Å². The van der Waals surface area contributed by atoms with Gasteiger partial charge >= 0.3 is 0 Å². The monoisotopic (exact) mass is 373 g/mol. The molecule has 0 spiro atoms. The number of carbonyl (C=O) groups is 1. The van der Waals surface area contributed by atoms with Gasteiger partial charge in [-0.15, -0.1) is 21.5 Å². The van der Waals surface area contributed by atoms with E-state index in [0.29, 0.717) is 12.2 Å². The number of nitrogens with one attached hydrogen (secondary N) is 1. The van der Waals surface area contributed by atoms with Crippen LogP contribution in [-0.4, -0.2) is 33.8 Å². The van der Waals surface area contributed by atoms with Gasteiger partial charge in [0.15, 0.2) is 0 Å². The van der Waals surface area contributed by atoms with Gasteiger partial charge in [0.1, 0.15) is 5.69 Å². The molecule has 130 valence electrons. The first-order valence-electron chi connectivity index (χ1n) is 8.38. The summed E-state index contributed by atoms with van der Waals surface area (Å²) in [5.74, 6) is -0.104. The molecule has 8 heteroatoms. The zero-order valence-electron chi connectivity index (χ0n) is 13.7. The molecule has 0 bridgehead atoms. The standard InChI is InChI=1S/C17H19N5OS2/c23-15(18-12-13-6-5-11-24-13)14-7-4-10-22(14)17-20-19-16(25-17)21-8-2-1-3-9-21/h4-7,10-11H,1-3,8-9,12H2,(H,18,23). The Bertz CT molecular complexity index is 833. The molecule has 0 radical (unpaired) electrons. The van der Waals surface area contributed by atoms with Crippen molar-refractivity contribution in [2.45, 2.75) is 25.8 Å². The lowest BCUT2D eigenvalue weighted by molar-refractivity contribution is 0.0944. The van der Waals surface area contributed by atoms with Gasteiger partial charge in [-0.05, 0) is 42.8 Å². The van der Waals surface area contributed by atoms with Crippen molar-refractivity contribution in [1.29, 1.82) is 0 Å². The fraction of sp³-hybridized carbons (Fsp3) is 0.353. The molecular weight excluding hydrogens is 354 g/mol. The summed E-state index contributed by atoms with van der Waals surface area (Å²) < 4.78 is 1.81. The number of anilines is 1. The maximum Gasteiger partial charge on any atom is 0.268 e. The Morgan fingerprint density at radius 1 is 1.12 bits per heavy atom. The molecule has 0 saturated carbocycles. The molecule has 25 heavy (non-hydrogen) atoms. The average molecular weight is 374 g/mol. The molecule has 1 saturated heterocycles. The molecule has 0 unspecified atom stereocenters. The third-order valence-corrected chi connectivity index (χ3v) is 6.08. The Labute approximate surface area is 154 Å². The number of amides is 1. The molecule has 1 amide bonds. The van der Waals surface area contributed by atoms with E-state index in [-0.39, 0.29) is 5.91 Å². The van der Waals surface area contributed by atoms with Crippen molar-refractivity contribution in [3.05, 3.63) is 46.4 Å². The minimum atomic E-state index is -0.104. The molecule has 3 aromatic rings. The Balaban J connectivity index is 1.49. The predicted molar refractivity (Wildman–Crippen MR) is 101 cm³/mol. The van der Waals surface area contributed by atoms with Gasteiger partial charge in [-0.25, -0.2) is 0 Å². The van der Waals surface area contributed by atoms with Crippen molar-refractivity contribution in [2.75, 3.05) is 18.0 Å². The van der Waals surface area contributed by atoms with Gasteiger partial charge in [-0.1, -0.05) is 17.4 Å². The molecule has 1 N–H and O–H groups in total. The molecule has 1 fully saturated rings. The molecule has 0 aliphatic carbocycles. The number of aromatic nitrogens is 3. The van der Waals surface area contributed by atoms with Crippen LogP contribution < -0.4 is 10.2 Å². The van der Waals surface area contributed by atoms with Crippen molar-refractivity contribution < 1.29 is 4.79 Å². The summed E-state index contributed by atoms with van der Waals surface area (Å²) in [4.78, 5) is 15.9. The van der Waals surface area contributed by atoms with E-state index < -0.39 is 0 Å². The fourth-order valence-corrected chi connectivity index (χ4v) is 4.46. The van der Waals surface area contributed by atoms with Crippen molar-refractivity contribution >= 4 is 33.7 Å². The van der Waals surface area contributed by atoms with E-state index in [9.17, 15) is 4.79 Å². The van der Waals surface area contributed by atoms with Crippen LogP contribution in [0.4, 0.5) is 5.13 Å². The van der Waals surface area contributed by atoms with Crippen LogP contribution in [-0.2, 0) is 6.54 Å². The number of thiophene rings is 1. The normalized spacial score (nSPS) is 14.6. The number of nitrogens with zero attached hydrogens (tertiary/aromatic N) is 4. The van der Waals surface area contributed by atoms with E-state index >= 15 is 0 Å². The van der Waals surface area contributed by atoms with Crippen LogP contribution in [0.5, 0.6) is 0 Å². The summed E-state index contributed by atoms with van der Waals surface area (Å²) in [5, 5.41) is 15.3. The van der Waals surface area contributed by atoms with Gasteiger partial charge in [0.25, 0.3) is 5.91 Å². The van der Waals surface area contributed by atoms with Crippen molar-refractivity contribution in [3.8, 4) is 5.13 Å². The molecule has 0 aromatic carbocycles. The van der Waals surface area contributed by atoms with E-state index in [1.807, 2.05) is 40.4 Å². The predicted octanol–water partition coefficient (Wildman–Crippen LogP) is 3.31. The molecule has 1 aliphatic rings. The summed E-state index contributed by atoms with van der Waals surface area (Å²) in [6.07, 6.45) is 5.55. The van der Waals surface area contributed by atoms with Crippen LogP contribution in [0, 0.1) is 0 Å². The van der Waals surface area contributed by atoms with Gasteiger partial charge in [0, 0.05) is 24.2 Å². The van der Waals surface area contributed by atoms with Crippen LogP contribution in [0.25, 0.3) is 5.13 Å². The highest BCUT2D eigenvalue weighted by Crippen LogP contribution is 2.26. The second kappa shape index (κ2) is 7.37. The average Bonchev–Trinajstić information content (AvgIpc) is 3.41.